The Morgan fingerprint density at radius 1 is 1.14 bits per heavy atom. The fraction of sp³-hybridized carbons (Fsp3) is 0.318. The fourth-order valence-electron chi connectivity index (χ4n) is 3.29. The van der Waals surface area contributed by atoms with E-state index in [2.05, 4.69) is 29.8 Å². The normalized spacial score (nSPS) is 15.3. The van der Waals surface area contributed by atoms with Gasteiger partial charge in [-0.15, -0.1) is 11.3 Å². The summed E-state index contributed by atoms with van der Waals surface area (Å²) in [5.41, 5.74) is 4.27. The van der Waals surface area contributed by atoms with Gasteiger partial charge >= 0.3 is 0 Å². The van der Waals surface area contributed by atoms with E-state index in [9.17, 15) is 0 Å². The van der Waals surface area contributed by atoms with E-state index in [0.717, 1.165) is 64.2 Å². The zero-order valence-corrected chi connectivity index (χ0v) is 17.1. The Morgan fingerprint density at radius 3 is 2.79 bits per heavy atom. The van der Waals surface area contributed by atoms with Crippen LogP contribution in [0.3, 0.4) is 0 Å². The smallest absolute Gasteiger partial charge is 0.160 e. The molecule has 0 fully saturated rings. The van der Waals surface area contributed by atoms with Crippen molar-refractivity contribution in [2.75, 3.05) is 26.1 Å². The molecule has 0 aliphatic carbocycles. The van der Waals surface area contributed by atoms with Crippen LogP contribution in [0.1, 0.15) is 23.9 Å². The van der Waals surface area contributed by atoms with Gasteiger partial charge < -0.3 is 19.5 Å². The molecule has 1 N–H and O–H groups in total. The maximum atomic E-state index is 5.99. The Morgan fingerprint density at radius 2 is 2.00 bits per heavy atom. The molecule has 5 nitrogen and oxygen atoms in total. The molecular weight excluding hydrogens is 372 g/mol. The molecule has 28 heavy (non-hydrogen) atoms. The standard InChI is InChI=1S/C22H24N2O3S/c1-4-16-12-23-17-11-15(6-8-19(17)27-16)18-13-28-22(24-18)10-14-5-7-20(25-2)21(9-14)26-3/h5-9,11,13,16,23H,4,10,12H2,1-3H3. The van der Waals surface area contributed by atoms with E-state index in [1.807, 2.05) is 24.3 Å². The number of hydrogen-bond acceptors (Lipinski definition) is 6. The van der Waals surface area contributed by atoms with Crippen LogP contribution in [-0.4, -0.2) is 31.9 Å². The molecule has 1 aliphatic heterocycles. The topological polar surface area (TPSA) is 52.6 Å². The van der Waals surface area contributed by atoms with Crippen LogP contribution in [0.4, 0.5) is 5.69 Å². The van der Waals surface area contributed by atoms with Gasteiger partial charge in [-0.3, -0.25) is 0 Å². The molecule has 146 valence electrons. The number of aromatic nitrogens is 1. The third kappa shape index (κ3) is 3.78. The van der Waals surface area contributed by atoms with Gasteiger partial charge in [0.1, 0.15) is 11.9 Å². The first-order valence-electron chi connectivity index (χ1n) is 9.40. The SMILES string of the molecule is CCC1CNc2cc(-c3csc(Cc4ccc(OC)c(OC)c4)n3)ccc2O1. The number of hydrogen-bond donors (Lipinski definition) is 1. The van der Waals surface area contributed by atoms with Crippen LogP contribution in [0.2, 0.25) is 0 Å². The number of benzene rings is 2. The second-order valence-corrected chi connectivity index (χ2v) is 7.68. The van der Waals surface area contributed by atoms with Gasteiger partial charge in [-0.1, -0.05) is 13.0 Å². The number of thiazole rings is 1. The van der Waals surface area contributed by atoms with E-state index in [-0.39, 0.29) is 6.10 Å². The Bertz CT molecular complexity index is 970. The van der Waals surface area contributed by atoms with E-state index >= 15 is 0 Å². The van der Waals surface area contributed by atoms with E-state index in [1.165, 1.54) is 0 Å². The third-order valence-electron chi connectivity index (χ3n) is 4.90. The van der Waals surface area contributed by atoms with Crippen LogP contribution in [0.5, 0.6) is 17.2 Å². The lowest BCUT2D eigenvalue weighted by Crippen LogP contribution is -2.29. The molecular formula is C22H24N2O3S. The molecule has 0 bridgehead atoms. The molecule has 0 spiro atoms. The summed E-state index contributed by atoms with van der Waals surface area (Å²) < 4.78 is 16.7. The van der Waals surface area contributed by atoms with Crippen molar-refractivity contribution < 1.29 is 14.2 Å². The highest BCUT2D eigenvalue weighted by Crippen LogP contribution is 2.35. The largest absolute Gasteiger partial charge is 0.493 e. The first-order chi connectivity index (χ1) is 13.7. The summed E-state index contributed by atoms with van der Waals surface area (Å²) in [6.45, 7) is 2.98. The number of anilines is 1. The summed E-state index contributed by atoms with van der Waals surface area (Å²) in [5.74, 6) is 2.39. The summed E-state index contributed by atoms with van der Waals surface area (Å²) in [7, 11) is 3.30. The fourth-order valence-corrected chi connectivity index (χ4v) is 4.13. The first-order valence-corrected chi connectivity index (χ1v) is 10.3. The van der Waals surface area contributed by atoms with Gasteiger partial charge in [-0.05, 0) is 42.3 Å². The van der Waals surface area contributed by atoms with Gasteiger partial charge in [0.05, 0.1) is 37.2 Å². The van der Waals surface area contributed by atoms with Gasteiger partial charge in [-0.25, -0.2) is 4.98 Å². The van der Waals surface area contributed by atoms with Crippen LogP contribution in [0.15, 0.2) is 41.8 Å². The molecule has 0 saturated heterocycles. The number of methoxy groups -OCH3 is 2. The van der Waals surface area contributed by atoms with Gasteiger partial charge in [0.15, 0.2) is 11.5 Å². The first kappa shape index (κ1) is 18.6. The lowest BCUT2D eigenvalue weighted by Gasteiger charge is -2.26. The van der Waals surface area contributed by atoms with Crippen molar-refractivity contribution in [3.05, 3.63) is 52.3 Å². The summed E-state index contributed by atoms with van der Waals surface area (Å²) in [6, 6.07) is 12.2. The highest BCUT2D eigenvalue weighted by Gasteiger charge is 2.18. The molecule has 4 rings (SSSR count). The van der Waals surface area contributed by atoms with Crippen LogP contribution in [0.25, 0.3) is 11.3 Å². The predicted octanol–water partition coefficient (Wildman–Crippen LogP) is 5.00. The highest BCUT2D eigenvalue weighted by molar-refractivity contribution is 7.10. The molecule has 0 saturated carbocycles. The van der Waals surface area contributed by atoms with Gasteiger partial charge in [0.25, 0.3) is 0 Å². The molecule has 2 heterocycles. The quantitative estimate of drug-likeness (QED) is 0.635. The lowest BCUT2D eigenvalue weighted by atomic mass is 10.1. The minimum Gasteiger partial charge on any atom is -0.493 e. The summed E-state index contributed by atoms with van der Waals surface area (Å²) in [4.78, 5) is 4.83. The van der Waals surface area contributed by atoms with Crippen LogP contribution < -0.4 is 19.5 Å². The number of ether oxygens (including phenoxy) is 3. The average Bonchev–Trinajstić information content (AvgIpc) is 3.21. The molecule has 2 aromatic carbocycles. The maximum Gasteiger partial charge on any atom is 0.160 e. The maximum absolute atomic E-state index is 5.99. The van der Waals surface area contributed by atoms with Crippen LogP contribution >= 0.6 is 11.3 Å². The third-order valence-corrected chi connectivity index (χ3v) is 5.75. The van der Waals surface area contributed by atoms with Crippen molar-refractivity contribution in [2.24, 2.45) is 0 Å². The summed E-state index contributed by atoms with van der Waals surface area (Å²) in [5, 5.41) is 6.64. The van der Waals surface area contributed by atoms with Crippen molar-refractivity contribution in [3.63, 3.8) is 0 Å². The number of nitrogens with zero attached hydrogens (tertiary/aromatic N) is 1. The van der Waals surface area contributed by atoms with Gasteiger partial charge in [-0.2, -0.15) is 0 Å². The van der Waals surface area contributed by atoms with Crippen molar-refractivity contribution in [3.8, 4) is 28.5 Å². The van der Waals surface area contributed by atoms with E-state index in [4.69, 9.17) is 19.2 Å². The molecule has 1 aromatic heterocycles. The molecule has 1 unspecified atom stereocenters. The summed E-state index contributed by atoms with van der Waals surface area (Å²) in [6.07, 6.45) is 2.00. The predicted molar refractivity (Wildman–Crippen MR) is 113 cm³/mol. The zero-order valence-electron chi connectivity index (χ0n) is 16.3. The van der Waals surface area contributed by atoms with Crippen molar-refractivity contribution >= 4 is 17.0 Å². The number of fused-ring (bicyclic) bond motifs is 1. The average molecular weight is 397 g/mol. The van der Waals surface area contributed by atoms with E-state index in [1.54, 1.807) is 25.6 Å². The van der Waals surface area contributed by atoms with E-state index in [0.29, 0.717) is 0 Å². The minimum atomic E-state index is 0.241. The van der Waals surface area contributed by atoms with Crippen LogP contribution in [-0.2, 0) is 6.42 Å². The molecule has 6 heteroatoms. The molecule has 0 amide bonds. The minimum absolute atomic E-state index is 0.241. The Hall–Kier alpha value is -2.73. The number of nitrogens with one attached hydrogen (secondary N) is 1. The number of rotatable bonds is 6. The highest BCUT2D eigenvalue weighted by atomic mass is 32.1. The Labute approximate surface area is 169 Å². The van der Waals surface area contributed by atoms with Crippen molar-refractivity contribution in [2.45, 2.75) is 25.9 Å². The van der Waals surface area contributed by atoms with Crippen molar-refractivity contribution in [1.82, 2.24) is 4.98 Å². The molecule has 1 atom stereocenters. The van der Waals surface area contributed by atoms with Gasteiger partial charge in [0, 0.05) is 17.4 Å². The summed E-state index contributed by atoms with van der Waals surface area (Å²) >= 11 is 1.67. The Kier molecular flexibility index (Phi) is 5.39. The molecule has 3 aromatic rings. The monoisotopic (exact) mass is 396 g/mol. The lowest BCUT2D eigenvalue weighted by molar-refractivity contribution is 0.202. The van der Waals surface area contributed by atoms with E-state index < -0.39 is 0 Å². The van der Waals surface area contributed by atoms with Crippen molar-refractivity contribution in [1.29, 1.82) is 0 Å². The molecule has 1 aliphatic rings. The molecule has 0 radical (unpaired) electrons. The zero-order chi connectivity index (χ0) is 19.5. The van der Waals surface area contributed by atoms with Gasteiger partial charge in [0.2, 0.25) is 0 Å². The van der Waals surface area contributed by atoms with Crippen LogP contribution in [0, 0.1) is 0 Å². The second kappa shape index (κ2) is 8.10. The Balaban J connectivity index is 1.52. The second-order valence-electron chi connectivity index (χ2n) is 6.73.